The number of aryl methyl sites for hydroxylation is 1. The van der Waals surface area contributed by atoms with Crippen LogP contribution in [0.2, 0.25) is 0 Å². The van der Waals surface area contributed by atoms with Gasteiger partial charge in [-0.1, -0.05) is 6.92 Å². The van der Waals surface area contributed by atoms with Crippen molar-refractivity contribution >= 4 is 16.5 Å². The van der Waals surface area contributed by atoms with Crippen LogP contribution < -0.4 is 4.90 Å². The van der Waals surface area contributed by atoms with Gasteiger partial charge in [-0.25, -0.2) is 0 Å². The van der Waals surface area contributed by atoms with Gasteiger partial charge < -0.3 is 4.90 Å². The van der Waals surface area contributed by atoms with Crippen LogP contribution in [-0.2, 0) is 0 Å². The van der Waals surface area contributed by atoms with Crippen LogP contribution in [0.25, 0.3) is 0 Å². The second-order valence-corrected chi connectivity index (χ2v) is 5.95. The lowest BCUT2D eigenvalue weighted by Crippen LogP contribution is -2.40. The SMILES string of the molecule is Cc1cc(N2CC3CC[C@@H](C2)C3C)sn1. The van der Waals surface area contributed by atoms with Crippen LogP contribution in [0.4, 0.5) is 5.00 Å². The molecule has 0 amide bonds. The fraction of sp³-hybridized carbons (Fsp3) is 0.750. The molecular weight excluding hydrogens is 204 g/mol. The lowest BCUT2D eigenvalue weighted by molar-refractivity contribution is 0.296. The number of piperidine rings is 1. The highest BCUT2D eigenvalue weighted by Gasteiger charge is 2.39. The summed E-state index contributed by atoms with van der Waals surface area (Å²) < 4.78 is 4.38. The quantitative estimate of drug-likeness (QED) is 0.726. The summed E-state index contributed by atoms with van der Waals surface area (Å²) in [6.45, 7) is 7.05. The molecule has 0 N–H and O–H groups in total. The topological polar surface area (TPSA) is 16.1 Å². The minimum absolute atomic E-state index is 0.936. The molecule has 2 bridgehead atoms. The number of hydrogen-bond donors (Lipinski definition) is 0. The van der Waals surface area contributed by atoms with Crippen LogP contribution in [0.3, 0.4) is 0 Å². The van der Waals surface area contributed by atoms with E-state index in [-0.39, 0.29) is 0 Å². The zero-order valence-electron chi connectivity index (χ0n) is 9.44. The molecule has 2 fully saturated rings. The summed E-state index contributed by atoms with van der Waals surface area (Å²) in [5.74, 6) is 2.83. The average Bonchev–Trinajstić information content (AvgIpc) is 2.70. The molecule has 0 aromatic carbocycles. The Labute approximate surface area is 95.5 Å². The molecule has 2 unspecified atom stereocenters. The molecule has 3 rings (SSSR count). The molecule has 0 spiro atoms. The first kappa shape index (κ1) is 9.64. The minimum Gasteiger partial charge on any atom is -0.362 e. The van der Waals surface area contributed by atoms with Crippen LogP contribution in [0.15, 0.2) is 6.07 Å². The Morgan fingerprint density at radius 1 is 1.33 bits per heavy atom. The van der Waals surface area contributed by atoms with Gasteiger partial charge in [-0.3, -0.25) is 0 Å². The van der Waals surface area contributed by atoms with Crippen LogP contribution in [-0.4, -0.2) is 17.5 Å². The summed E-state index contributed by atoms with van der Waals surface area (Å²) in [7, 11) is 0. The van der Waals surface area contributed by atoms with Crippen molar-refractivity contribution in [3.8, 4) is 0 Å². The standard InChI is InChI=1S/C12H18N2S/c1-8-5-12(15-13-8)14-6-10-3-4-11(7-14)9(10)2/h5,9-11H,3-4,6-7H2,1-2H3/t9?,10-,11?/m0/s1. The van der Waals surface area contributed by atoms with E-state index < -0.39 is 0 Å². The van der Waals surface area contributed by atoms with Gasteiger partial charge in [0.1, 0.15) is 5.00 Å². The van der Waals surface area contributed by atoms with E-state index in [1.54, 1.807) is 11.5 Å². The third-order valence-corrected chi connectivity index (χ3v) is 5.17. The number of hydrogen-bond acceptors (Lipinski definition) is 3. The first-order chi connectivity index (χ1) is 7.24. The van der Waals surface area contributed by atoms with Gasteiger partial charge in [0.15, 0.2) is 0 Å². The first-order valence-electron chi connectivity index (χ1n) is 5.92. The average molecular weight is 222 g/mol. The van der Waals surface area contributed by atoms with E-state index in [0.717, 1.165) is 17.8 Å². The van der Waals surface area contributed by atoms with Gasteiger partial charge in [-0.2, -0.15) is 4.37 Å². The Hall–Kier alpha value is -0.570. The summed E-state index contributed by atoms with van der Waals surface area (Å²) in [4.78, 5) is 2.56. The molecule has 1 aromatic rings. The molecule has 1 aromatic heterocycles. The van der Waals surface area contributed by atoms with Crippen molar-refractivity contribution in [2.75, 3.05) is 18.0 Å². The second-order valence-electron chi connectivity index (χ2n) is 5.17. The first-order valence-corrected chi connectivity index (χ1v) is 6.69. The van der Waals surface area contributed by atoms with E-state index in [9.17, 15) is 0 Å². The van der Waals surface area contributed by atoms with E-state index in [0.29, 0.717) is 0 Å². The molecule has 1 saturated carbocycles. The molecule has 1 saturated heterocycles. The Balaban J connectivity index is 1.80. The molecule has 1 aliphatic heterocycles. The Kier molecular flexibility index (Phi) is 2.23. The van der Waals surface area contributed by atoms with Crippen molar-refractivity contribution in [3.63, 3.8) is 0 Å². The maximum absolute atomic E-state index is 4.38. The van der Waals surface area contributed by atoms with Crippen molar-refractivity contribution < 1.29 is 0 Å². The number of fused-ring (bicyclic) bond motifs is 2. The van der Waals surface area contributed by atoms with Gasteiger partial charge in [-0.05, 0) is 55.1 Å². The van der Waals surface area contributed by atoms with Crippen molar-refractivity contribution in [3.05, 3.63) is 11.8 Å². The lowest BCUT2D eigenvalue weighted by Gasteiger charge is -2.36. The van der Waals surface area contributed by atoms with Crippen LogP contribution >= 0.6 is 11.5 Å². The second kappa shape index (κ2) is 3.48. The van der Waals surface area contributed by atoms with E-state index >= 15 is 0 Å². The summed E-state index contributed by atoms with van der Waals surface area (Å²) in [6.07, 6.45) is 2.89. The Bertz CT molecular complexity index is 346. The maximum atomic E-state index is 4.38. The maximum Gasteiger partial charge on any atom is 0.112 e. The molecule has 1 aliphatic carbocycles. The number of aromatic nitrogens is 1. The predicted octanol–water partition coefficient (Wildman–Crippen LogP) is 2.93. The van der Waals surface area contributed by atoms with Gasteiger partial charge in [0.2, 0.25) is 0 Å². The lowest BCUT2D eigenvalue weighted by atomic mass is 9.87. The van der Waals surface area contributed by atoms with Gasteiger partial charge in [0.05, 0.1) is 5.69 Å². The molecule has 0 radical (unpaired) electrons. The Morgan fingerprint density at radius 3 is 2.53 bits per heavy atom. The van der Waals surface area contributed by atoms with Crippen molar-refractivity contribution in [1.29, 1.82) is 0 Å². The number of anilines is 1. The fourth-order valence-corrected chi connectivity index (χ4v) is 3.95. The molecule has 15 heavy (non-hydrogen) atoms. The van der Waals surface area contributed by atoms with E-state index in [1.165, 1.54) is 36.6 Å². The predicted molar refractivity (Wildman–Crippen MR) is 64.4 cm³/mol. The van der Waals surface area contributed by atoms with Crippen LogP contribution in [0, 0.1) is 24.7 Å². The number of rotatable bonds is 1. The molecular formula is C12H18N2S. The van der Waals surface area contributed by atoms with Gasteiger partial charge >= 0.3 is 0 Å². The Morgan fingerprint density at radius 2 is 2.00 bits per heavy atom. The molecule has 2 heterocycles. The highest BCUT2D eigenvalue weighted by Crippen LogP contribution is 2.43. The van der Waals surface area contributed by atoms with E-state index in [4.69, 9.17) is 0 Å². The van der Waals surface area contributed by atoms with Gasteiger partial charge in [0, 0.05) is 13.1 Å². The molecule has 2 nitrogen and oxygen atoms in total. The zero-order valence-corrected chi connectivity index (χ0v) is 10.3. The van der Waals surface area contributed by atoms with Crippen molar-refractivity contribution in [2.24, 2.45) is 17.8 Å². The van der Waals surface area contributed by atoms with Gasteiger partial charge in [0.25, 0.3) is 0 Å². The van der Waals surface area contributed by atoms with E-state index in [1.807, 2.05) is 0 Å². The largest absolute Gasteiger partial charge is 0.362 e. The third kappa shape index (κ3) is 1.57. The normalized spacial score (nSPS) is 34.8. The monoisotopic (exact) mass is 222 g/mol. The van der Waals surface area contributed by atoms with Crippen molar-refractivity contribution in [2.45, 2.75) is 26.7 Å². The van der Waals surface area contributed by atoms with Gasteiger partial charge in [-0.15, -0.1) is 0 Å². The summed E-state index contributed by atoms with van der Waals surface area (Å²) >= 11 is 1.67. The molecule has 3 atom stereocenters. The summed E-state index contributed by atoms with van der Waals surface area (Å²) in [5, 5.41) is 1.39. The fourth-order valence-electron chi connectivity index (χ4n) is 3.17. The molecule has 2 aliphatic rings. The third-order valence-electron chi connectivity index (χ3n) is 4.23. The smallest absolute Gasteiger partial charge is 0.112 e. The summed E-state index contributed by atoms with van der Waals surface area (Å²) in [5.41, 5.74) is 1.17. The highest BCUT2D eigenvalue weighted by molar-refractivity contribution is 7.10. The van der Waals surface area contributed by atoms with Crippen molar-refractivity contribution in [1.82, 2.24) is 4.37 Å². The summed E-state index contributed by atoms with van der Waals surface area (Å²) in [6, 6.07) is 2.24. The zero-order chi connectivity index (χ0) is 10.4. The highest BCUT2D eigenvalue weighted by atomic mass is 32.1. The van der Waals surface area contributed by atoms with Crippen LogP contribution in [0.5, 0.6) is 0 Å². The van der Waals surface area contributed by atoms with E-state index in [2.05, 4.69) is 29.2 Å². The minimum atomic E-state index is 0.936. The molecule has 82 valence electrons. The number of nitrogens with zero attached hydrogens (tertiary/aromatic N) is 2. The van der Waals surface area contributed by atoms with Crippen LogP contribution in [0.1, 0.15) is 25.5 Å². The molecule has 3 heteroatoms.